The number of allylic oxidation sites excluding steroid dienone is 2. The van der Waals surface area contributed by atoms with Crippen molar-refractivity contribution in [1.82, 2.24) is 10.2 Å². The molecular formula is C17H18N6O4S2. The van der Waals surface area contributed by atoms with Gasteiger partial charge in [0.05, 0.1) is 22.2 Å². The van der Waals surface area contributed by atoms with Gasteiger partial charge in [0.2, 0.25) is 5.13 Å². The molecule has 12 heteroatoms. The summed E-state index contributed by atoms with van der Waals surface area (Å²) in [6.45, 7) is 4.76. The van der Waals surface area contributed by atoms with Crippen LogP contribution in [0.15, 0.2) is 45.5 Å². The highest BCUT2D eigenvalue weighted by atomic mass is 32.2. The minimum Gasteiger partial charge on any atom is -0.396 e. The standard InChI is InChI=1S/C17H18N6O4S2/c1-8-13(18)14(16(25)9(2)15(8)24)21-20-11-4-6-12(7-5-11)29(26,27)23-17-22-19-10(3)28-17/h4-7,9,20H,18H2,1-3H3,(H,22,23)/b21-14-. The number of Topliss-reactive ketones (excluding diaryl/α,β-unsaturated/α-hetero) is 2. The fourth-order valence-corrected chi connectivity index (χ4v) is 4.37. The molecule has 1 unspecified atom stereocenters. The highest BCUT2D eigenvalue weighted by Gasteiger charge is 2.35. The summed E-state index contributed by atoms with van der Waals surface area (Å²) in [5, 5.41) is 12.3. The van der Waals surface area contributed by atoms with Crippen LogP contribution in [0.4, 0.5) is 10.8 Å². The van der Waals surface area contributed by atoms with Crippen molar-refractivity contribution >= 4 is 49.5 Å². The van der Waals surface area contributed by atoms with Crippen LogP contribution in [0.2, 0.25) is 0 Å². The maximum atomic E-state index is 12.4. The van der Waals surface area contributed by atoms with E-state index in [1.807, 2.05) is 0 Å². The van der Waals surface area contributed by atoms with Crippen LogP contribution in [0.1, 0.15) is 18.9 Å². The molecule has 152 valence electrons. The monoisotopic (exact) mass is 434 g/mol. The highest BCUT2D eigenvalue weighted by Crippen LogP contribution is 2.22. The second kappa shape index (κ2) is 7.72. The van der Waals surface area contributed by atoms with Crippen LogP contribution in [0.5, 0.6) is 0 Å². The van der Waals surface area contributed by atoms with Crippen LogP contribution in [-0.4, -0.2) is 35.9 Å². The number of nitrogens with one attached hydrogen (secondary N) is 2. The SMILES string of the molecule is CC1=C(N)/C(=N/Nc2ccc(S(=O)(=O)Nc3nnc(C)s3)cc2)C(=O)C(C)C1=O. The maximum absolute atomic E-state index is 12.4. The third kappa shape index (κ3) is 4.17. The smallest absolute Gasteiger partial charge is 0.263 e. The molecule has 29 heavy (non-hydrogen) atoms. The summed E-state index contributed by atoms with van der Waals surface area (Å²) in [6.07, 6.45) is 0. The lowest BCUT2D eigenvalue weighted by Gasteiger charge is -2.19. The molecule has 1 aromatic carbocycles. The van der Waals surface area contributed by atoms with Gasteiger partial charge >= 0.3 is 0 Å². The van der Waals surface area contributed by atoms with Crippen molar-refractivity contribution in [3.8, 4) is 0 Å². The maximum Gasteiger partial charge on any atom is 0.263 e. The summed E-state index contributed by atoms with van der Waals surface area (Å²) in [5.74, 6) is -1.63. The van der Waals surface area contributed by atoms with Crippen molar-refractivity contribution in [3.05, 3.63) is 40.5 Å². The number of benzene rings is 1. The van der Waals surface area contributed by atoms with Crippen molar-refractivity contribution in [2.24, 2.45) is 16.8 Å². The molecule has 0 spiro atoms. The molecular weight excluding hydrogens is 416 g/mol. The van der Waals surface area contributed by atoms with Gasteiger partial charge in [-0.1, -0.05) is 11.3 Å². The Labute approximate surface area is 171 Å². The highest BCUT2D eigenvalue weighted by molar-refractivity contribution is 7.93. The van der Waals surface area contributed by atoms with E-state index in [9.17, 15) is 18.0 Å². The number of ketones is 2. The van der Waals surface area contributed by atoms with Gasteiger partial charge in [-0.25, -0.2) is 8.42 Å². The van der Waals surface area contributed by atoms with Crippen LogP contribution in [0, 0.1) is 12.8 Å². The normalized spacial score (nSPS) is 19.0. The van der Waals surface area contributed by atoms with Gasteiger partial charge in [0, 0.05) is 5.57 Å². The van der Waals surface area contributed by atoms with E-state index >= 15 is 0 Å². The van der Waals surface area contributed by atoms with E-state index < -0.39 is 21.7 Å². The van der Waals surface area contributed by atoms with E-state index in [0.717, 1.165) is 11.3 Å². The van der Waals surface area contributed by atoms with Gasteiger partial charge in [-0.05, 0) is 45.0 Å². The van der Waals surface area contributed by atoms with E-state index in [2.05, 4.69) is 25.4 Å². The van der Waals surface area contributed by atoms with Gasteiger partial charge < -0.3 is 5.73 Å². The molecule has 0 amide bonds. The second-order valence-electron chi connectivity index (χ2n) is 6.32. The van der Waals surface area contributed by atoms with Gasteiger partial charge in [-0.2, -0.15) is 5.10 Å². The van der Waals surface area contributed by atoms with Crippen LogP contribution >= 0.6 is 11.3 Å². The van der Waals surface area contributed by atoms with E-state index in [-0.39, 0.29) is 32.8 Å². The van der Waals surface area contributed by atoms with Crippen LogP contribution in [0.3, 0.4) is 0 Å². The van der Waals surface area contributed by atoms with Gasteiger partial charge in [0.25, 0.3) is 10.0 Å². The molecule has 10 nitrogen and oxygen atoms in total. The molecule has 1 heterocycles. The number of aromatic nitrogens is 2. The summed E-state index contributed by atoms with van der Waals surface area (Å²) in [7, 11) is -3.82. The summed E-state index contributed by atoms with van der Waals surface area (Å²) in [6, 6.07) is 5.72. The second-order valence-corrected chi connectivity index (χ2v) is 9.18. The molecule has 1 atom stereocenters. The van der Waals surface area contributed by atoms with E-state index in [0.29, 0.717) is 10.7 Å². The minimum absolute atomic E-state index is 0.0202. The zero-order valence-corrected chi connectivity index (χ0v) is 17.4. The summed E-state index contributed by atoms with van der Waals surface area (Å²) in [5.41, 5.74) is 9.25. The Hall–Kier alpha value is -3.12. The fourth-order valence-electron chi connectivity index (χ4n) is 2.55. The lowest BCUT2D eigenvalue weighted by Crippen LogP contribution is -2.39. The van der Waals surface area contributed by atoms with Crippen molar-refractivity contribution in [2.75, 3.05) is 10.1 Å². The minimum atomic E-state index is -3.82. The quantitative estimate of drug-likeness (QED) is 0.471. The Kier molecular flexibility index (Phi) is 5.48. The Bertz CT molecular complexity index is 1150. The number of hydrogen-bond acceptors (Lipinski definition) is 10. The Morgan fingerprint density at radius 2 is 1.76 bits per heavy atom. The van der Waals surface area contributed by atoms with Gasteiger partial charge in [0.1, 0.15) is 5.01 Å². The number of hydrazone groups is 1. The molecule has 2 aromatic rings. The van der Waals surface area contributed by atoms with Crippen LogP contribution < -0.4 is 15.9 Å². The van der Waals surface area contributed by atoms with Gasteiger partial charge in [0.15, 0.2) is 17.3 Å². The molecule has 0 bridgehead atoms. The molecule has 1 aromatic heterocycles. The Balaban J connectivity index is 1.78. The molecule has 1 aliphatic rings. The molecule has 0 fully saturated rings. The van der Waals surface area contributed by atoms with E-state index in [1.54, 1.807) is 13.8 Å². The topological polar surface area (TPSA) is 156 Å². The van der Waals surface area contributed by atoms with Crippen molar-refractivity contribution in [2.45, 2.75) is 25.7 Å². The predicted molar refractivity (Wildman–Crippen MR) is 109 cm³/mol. The summed E-state index contributed by atoms with van der Waals surface area (Å²) < 4.78 is 27.1. The average molecular weight is 435 g/mol. The number of nitrogens with zero attached hydrogens (tertiary/aromatic N) is 3. The Morgan fingerprint density at radius 3 is 2.34 bits per heavy atom. The number of aryl methyl sites for hydroxylation is 1. The number of nitrogens with two attached hydrogens (primary N) is 1. The largest absolute Gasteiger partial charge is 0.396 e. The van der Waals surface area contributed by atoms with Crippen molar-refractivity contribution < 1.29 is 18.0 Å². The molecule has 0 saturated carbocycles. The molecule has 1 aliphatic carbocycles. The molecule has 0 aliphatic heterocycles. The zero-order chi connectivity index (χ0) is 21.3. The number of carbonyl (C=O) groups is 2. The molecule has 0 radical (unpaired) electrons. The lowest BCUT2D eigenvalue weighted by atomic mass is 9.85. The first-order chi connectivity index (χ1) is 13.6. The number of carbonyl (C=O) groups excluding carboxylic acids is 2. The van der Waals surface area contributed by atoms with Gasteiger partial charge in [-0.3, -0.25) is 19.7 Å². The van der Waals surface area contributed by atoms with E-state index in [1.165, 1.54) is 31.2 Å². The number of anilines is 2. The van der Waals surface area contributed by atoms with Crippen LogP contribution in [-0.2, 0) is 19.6 Å². The van der Waals surface area contributed by atoms with Crippen LogP contribution in [0.25, 0.3) is 0 Å². The van der Waals surface area contributed by atoms with Crippen molar-refractivity contribution in [1.29, 1.82) is 0 Å². The zero-order valence-electron chi connectivity index (χ0n) is 15.8. The van der Waals surface area contributed by atoms with E-state index in [4.69, 9.17) is 5.73 Å². The van der Waals surface area contributed by atoms with Crippen molar-refractivity contribution in [3.63, 3.8) is 0 Å². The first-order valence-electron chi connectivity index (χ1n) is 8.42. The molecule has 3 rings (SSSR count). The first kappa shape index (κ1) is 20.6. The Morgan fingerprint density at radius 1 is 1.10 bits per heavy atom. The number of rotatable bonds is 5. The first-order valence-corrected chi connectivity index (χ1v) is 10.7. The fraction of sp³-hybridized carbons (Fsp3) is 0.235. The number of hydrogen-bond donors (Lipinski definition) is 3. The third-order valence-electron chi connectivity index (χ3n) is 4.26. The summed E-state index contributed by atoms with van der Waals surface area (Å²) >= 11 is 1.12. The third-order valence-corrected chi connectivity index (χ3v) is 6.50. The molecule has 0 saturated heterocycles. The average Bonchev–Trinajstić information content (AvgIpc) is 3.09. The summed E-state index contributed by atoms with van der Waals surface area (Å²) in [4.78, 5) is 24.2. The lowest BCUT2D eigenvalue weighted by molar-refractivity contribution is -0.126. The predicted octanol–water partition coefficient (Wildman–Crippen LogP) is 1.44. The number of sulfonamides is 1. The van der Waals surface area contributed by atoms with Gasteiger partial charge in [-0.15, -0.1) is 10.2 Å². The molecule has 4 N–H and O–H groups in total.